The van der Waals surface area contributed by atoms with E-state index in [0.717, 1.165) is 82.5 Å². The summed E-state index contributed by atoms with van der Waals surface area (Å²) in [6.45, 7) is 0. The van der Waals surface area contributed by atoms with Crippen LogP contribution in [0.2, 0.25) is 0 Å². The van der Waals surface area contributed by atoms with E-state index in [0.29, 0.717) is 17.5 Å². The van der Waals surface area contributed by atoms with Crippen LogP contribution in [0.15, 0.2) is 160 Å². The molecule has 7 aromatic carbocycles. The zero-order valence-corrected chi connectivity index (χ0v) is 25.6. The number of aromatic nitrogens is 3. The summed E-state index contributed by atoms with van der Waals surface area (Å²) in [6, 6.07) is 51.6. The second-order valence-electron chi connectivity index (χ2n) is 12.0. The third-order valence-electron chi connectivity index (χ3n) is 9.13. The predicted molar refractivity (Wildman–Crippen MR) is 194 cm³/mol. The molecule has 0 radical (unpaired) electrons. The van der Waals surface area contributed by atoms with Crippen molar-refractivity contribution in [3.05, 3.63) is 152 Å². The first-order chi connectivity index (χ1) is 23.8. The van der Waals surface area contributed by atoms with Crippen LogP contribution >= 0.6 is 0 Å². The van der Waals surface area contributed by atoms with Gasteiger partial charge in [-0.1, -0.05) is 109 Å². The molecule has 0 unspecified atom stereocenters. The molecule has 3 aromatic heterocycles. The van der Waals surface area contributed by atoms with Gasteiger partial charge in [0.1, 0.15) is 22.3 Å². The molecule has 0 saturated carbocycles. The largest absolute Gasteiger partial charge is 0.456 e. The highest BCUT2D eigenvalue weighted by Crippen LogP contribution is 2.42. The van der Waals surface area contributed by atoms with Gasteiger partial charge in [0.2, 0.25) is 0 Å². The van der Waals surface area contributed by atoms with Gasteiger partial charge < -0.3 is 8.83 Å². The molecule has 0 aliphatic heterocycles. The molecular weight excluding hydrogens is 590 g/mol. The van der Waals surface area contributed by atoms with Crippen molar-refractivity contribution in [2.24, 2.45) is 0 Å². The smallest absolute Gasteiger partial charge is 0.164 e. The average molecular weight is 616 g/mol. The molecule has 10 rings (SSSR count). The van der Waals surface area contributed by atoms with Crippen LogP contribution in [-0.4, -0.2) is 15.0 Å². The van der Waals surface area contributed by atoms with E-state index in [-0.39, 0.29) is 0 Å². The minimum Gasteiger partial charge on any atom is -0.456 e. The van der Waals surface area contributed by atoms with E-state index in [2.05, 4.69) is 84.9 Å². The second-order valence-corrected chi connectivity index (χ2v) is 12.0. The molecule has 0 aliphatic rings. The first-order valence-electron chi connectivity index (χ1n) is 15.9. The van der Waals surface area contributed by atoms with Gasteiger partial charge >= 0.3 is 0 Å². The monoisotopic (exact) mass is 615 g/mol. The van der Waals surface area contributed by atoms with Crippen LogP contribution in [0, 0.1) is 0 Å². The fraction of sp³-hybridized carbons (Fsp3) is 0. The highest BCUT2D eigenvalue weighted by atomic mass is 16.3. The zero-order chi connectivity index (χ0) is 31.6. The van der Waals surface area contributed by atoms with E-state index in [1.807, 2.05) is 66.7 Å². The Balaban J connectivity index is 1.24. The second kappa shape index (κ2) is 10.5. The van der Waals surface area contributed by atoms with Crippen molar-refractivity contribution in [2.75, 3.05) is 0 Å². The van der Waals surface area contributed by atoms with E-state index >= 15 is 0 Å². The molecule has 0 bridgehead atoms. The lowest BCUT2D eigenvalue weighted by Gasteiger charge is -2.11. The summed E-state index contributed by atoms with van der Waals surface area (Å²) in [5.74, 6) is 1.74. The summed E-state index contributed by atoms with van der Waals surface area (Å²) in [6.07, 6.45) is 0. The maximum Gasteiger partial charge on any atom is 0.164 e. The summed E-state index contributed by atoms with van der Waals surface area (Å²) < 4.78 is 12.8. The van der Waals surface area contributed by atoms with Gasteiger partial charge in [-0.05, 0) is 58.8 Å². The summed E-state index contributed by atoms with van der Waals surface area (Å²) in [7, 11) is 0. The van der Waals surface area contributed by atoms with Crippen LogP contribution in [0.25, 0.3) is 99.9 Å². The third kappa shape index (κ3) is 4.22. The Bertz CT molecular complexity index is 2850. The van der Waals surface area contributed by atoms with Gasteiger partial charge in [0, 0.05) is 43.8 Å². The molecule has 0 N–H and O–H groups in total. The minimum absolute atomic E-state index is 0.568. The molecule has 5 nitrogen and oxygen atoms in total. The van der Waals surface area contributed by atoms with Crippen molar-refractivity contribution in [2.45, 2.75) is 0 Å². The van der Waals surface area contributed by atoms with Gasteiger partial charge in [0.05, 0.1) is 0 Å². The highest BCUT2D eigenvalue weighted by Gasteiger charge is 2.21. The van der Waals surface area contributed by atoms with Crippen molar-refractivity contribution < 1.29 is 8.83 Å². The van der Waals surface area contributed by atoms with Crippen LogP contribution in [-0.2, 0) is 0 Å². The average Bonchev–Trinajstić information content (AvgIpc) is 3.73. The Kier molecular flexibility index (Phi) is 5.81. The van der Waals surface area contributed by atoms with Gasteiger partial charge in [0.15, 0.2) is 17.5 Å². The maximum absolute atomic E-state index is 6.57. The van der Waals surface area contributed by atoms with Crippen LogP contribution in [0.4, 0.5) is 0 Å². The zero-order valence-electron chi connectivity index (χ0n) is 25.6. The Hall–Kier alpha value is -6.59. The number of benzene rings is 7. The summed E-state index contributed by atoms with van der Waals surface area (Å²) >= 11 is 0. The summed E-state index contributed by atoms with van der Waals surface area (Å²) in [5.41, 5.74) is 8.01. The lowest BCUT2D eigenvalue weighted by molar-refractivity contribution is 0.669. The molecule has 3 heterocycles. The Morgan fingerprint density at radius 3 is 1.79 bits per heavy atom. The Labute approximate surface area is 274 Å². The van der Waals surface area contributed by atoms with Crippen molar-refractivity contribution in [3.63, 3.8) is 0 Å². The number of furan rings is 2. The van der Waals surface area contributed by atoms with E-state index in [4.69, 9.17) is 23.8 Å². The Morgan fingerprint density at radius 1 is 0.354 bits per heavy atom. The van der Waals surface area contributed by atoms with Crippen molar-refractivity contribution in [1.29, 1.82) is 0 Å². The molecule has 0 fully saturated rings. The number of rotatable bonds is 4. The lowest BCUT2D eigenvalue weighted by atomic mass is 9.98. The number of para-hydroxylation sites is 2. The minimum atomic E-state index is 0.568. The number of hydrogen-bond acceptors (Lipinski definition) is 5. The Morgan fingerprint density at radius 2 is 0.958 bits per heavy atom. The van der Waals surface area contributed by atoms with Crippen molar-refractivity contribution in [3.8, 4) is 45.3 Å². The SMILES string of the molecule is c1ccc(-c2ccc(-c3nc(-c4ccc5ccccc5c4)nc(-c4ccc5c(c4)oc4ccccc45)n3)c3c2oc2ccccc23)cc1. The van der Waals surface area contributed by atoms with Crippen LogP contribution in [0.3, 0.4) is 0 Å². The first kappa shape index (κ1) is 26.6. The highest BCUT2D eigenvalue weighted by molar-refractivity contribution is 6.15. The van der Waals surface area contributed by atoms with Crippen LogP contribution < -0.4 is 0 Å². The van der Waals surface area contributed by atoms with E-state index in [9.17, 15) is 0 Å². The maximum atomic E-state index is 6.57. The van der Waals surface area contributed by atoms with Gasteiger partial charge in [-0.2, -0.15) is 0 Å². The van der Waals surface area contributed by atoms with Crippen molar-refractivity contribution in [1.82, 2.24) is 15.0 Å². The first-order valence-corrected chi connectivity index (χ1v) is 15.9. The van der Waals surface area contributed by atoms with Crippen molar-refractivity contribution >= 4 is 54.6 Å². The standard InChI is InChI=1S/C43H25N3O2/c1-2-11-27(12-3-1)31-22-23-35(39-34-15-7-9-17-37(34)48-40(31)39)43-45-41(29-19-18-26-10-4-5-13-28(26)24-29)44-42(46-43)30-20-21-33-32-14-6-8-16-36(32)47-38(33)25-30/h1-25H. The molecule has 10 aromatic rings. The molecule has 224 valence electrons. The normalized spacial score (nSPS) is 11.8. The molecule has 0 atom stereocenters. The summed E-state index contributed by atoms with van der Waals surface area (Å²) in [5, 5.41) is 6.41. The fourth-order valence-electron chi connectivity index (χ4n) is 6.81. The van der Waals surface area contributed by atoms with E-state index < -0.39 is 0 Å². The predicted octanol–water partition coefficient (Wildman–Crippen LogP) is 11.5. The number of fused-ring (bicyclic) bond motifs is 7. The third-order valence-corrected chi connectivity index (χ3v) is 9.13. The molecular formula is C43H25N3O2. The molecule has 0 spiro atoms. The van der Waals surface area contributed by atoms with E-state index in [1.54, 1.807) is 0 Å². The lowest BCUT2D eigenvalue weighted by Crippen LogP contribution is -2.00. The molecule has 0 aliphatic carbocycles. The fourth-order valence-corrected chi connectivity index (χ4v) is 6.81. The van der Waals surface area contributed by atoms with Crippen LogP contribution in [0.1, 0.15) is 0 Å². The van der Waals surface area contributed by atoms with Gasteiger partial charge in [-0.3, -0.25) is 0 Å². The van der Waals surface area contributed by atoms with Gasteiger partial charge in [0.25, 0.3) is 0 Å². The topological polar surface area (TPSA) is 65.0 Å². The molecule has 0 saturated heterocycles. The number of nitrogens with zero attached hydrogens (tertiary/aromatic N) is 3. The van der Waals surface area contributed by atoms with Crippen LogP contribution in [0.5, 0.6) is 0 Å². The number of hydrogen-bond donors (Lipinski definition) is 0. The van der Waals surface area contributed by atoms with Gasteiger partial charge in [-0.15, -0.1) is 0 Å². The van der Waals surface area contributed by atoms with Gasteiger partial charge in [-0.25, -0.2) is 15.0 Å². The molecule has 0 amide bonds. The molecule has 5 heteroatoms. The van der Waals surface area contributed by atoms with E-state index in [1.165, 1.54) is 0 Å². The quantitative estimate of drug-likeness (QED) is 0.197. The summed E-state index contributed by atoms with van der Waals surface area (Å²) in [4.78, 5) is 15.4. The molecule has 48 heavy (non-hydrogen) atoms.